The predicted octanol–water partition coefficient (Wildman–Crippen LogP) is 3.28. The van der Waals surface area contributed by atoms with Crippen LogP contribution in [0.15, 0.2) is 48.5 Å². The Bertz CT molecular complexity index is 602. The van der Waals surface area contributed by atoms with Gasteiger partial charge in [0.05, 0.1) is 18.8 Å². The molecule has 0 aliphatic heterocycles. The summed E-state index contributed by atoms with van der Waals surface area (Å²) in [6, 6.07) is 13.4. The van der Waals surface area contributed by atoms with E-state index in [4.69, 9.17) is 4.74 Å². The van der Waals surface area contributed by atoms with Crippen LogP contribution in [0.2, 0.25) is 0 Å². The van der Waals surface area contributed by atoms with E-state index >= 15 is 0 Å². The summed E-state index contributed by atoms with van der Waals surface area (Å²) in [5.41, 5.74) is 1.31. The number of amides is 1. The molecule has 4 nitrogen and oxygen atoms in total. The van der Waals surface area contributed by atoms with E-state index in [9.17, 15) is 9.18 Å². The molecule has 0 bridgehead atoms. The first-order chi connectivity index (χ1) is 10.2. The highest BCUT2D eigenvalue weighted by molar-refractivity contribution is 5.95. The number of carbonyl (C=O) groups excluding carboxylic acids is 1. The van der Waals surface area contributed by atoms with Gasteiger partial charge in [0.15, 0.2) is 0 Å². The van der Waals surface area contributed by atoms with Gasteiger partial charge < -0.3 is 15.4 Å². The zero-order valence-electron chi connectivity index (χ0n) is 11.7. The van der Waals surface area contributed by atoms with Gasteiger partial charge in [-0.15, -0.1) is 0 Å². The summed E-state index contributed by atoms with van der Waals surface area (Å²) in [6.07, 6.45) is 0. The third-order valence-electron chi connectivity index (χ3n) is 2.74. The molecule has 110 valence electrons. The van der Waals surface area contributed by atoms with Crippen LogP contribution in [0.5, 0.6) is 5.75 Å². The molecule has 2 aromatic rings. The Hall–Kier alpha value is -2.56. The van der Waals surface area contributed by atoms with E-state index in [1.165, 1.54) is 18.2 Å². The Morgan fingerprint density at radius 2 is 1.95 bits per heavy atom. The van der Waals surface area contributed by atoms with Crippen LogP contribution >= 0.6 is 0 Å². The molecule has 0 spiro atoms. The Morgan fingerprint density at radius 3 is 2.67 bits per heavy atom. The molecule has 0 fully saturated rings. The van der Waals surface area contributed by atoms with Gasteiger partial charge in [-0.05, 0) is 31.2 Å². The van der Waals surface area contributed by atoms with Gasteiger partial charge in [0.1, 0.15) is 11.6 Å². The molecule has 0 aliphatic rings. The Kier molecular flexibility index (Phi) is 5.15. The summed E-state index contributed by atoms with van der Waals surface area (Å²) in [6.45, 7) is 2.31. The lowest BCUT2D eigenvalue weighted by Gasteiger charge is -2.12. The topological polar surface area (TPSA) is 50.4 Å². The number of anilines is 2. The van der Waals surface area contributed by atoms with E-state index in [1.54, 1.807) is 6.92 Å². The smallest absolute Gasteiger partial charge is 0.243 e. The molecule has 0 aromatic heterocycles. The first-order valence-electron chi connectivity index (χ1n) is 6.70. The van der Waals surface area contributed by atoms with Crippen LogP contribution in [0.25, 0.3) is 0 Å². The number of nitrogens with one attached hydrogen (secondary N) is 2. The number of rotatable bonds is 6. The van der Waals surface area contributed by atoms with Crippen LogP contribution < -0.4 is 15.4 Å². The van der Waals surface area contributed by atoms with Crippen molar-refractivity contribution in [1.29, 1.82) is 0 Å². The molecule has 2 aromatic carbocycles. The van der Waals surface area contributed by atoms with Crippen molar-refractivity contribution in [2.45, 2.75) is 6.92 Å². The van der Waals surface area contributed by atoms with Gasteiger partial charge >= 0.3 is 0 Å². The first-order valence-corrected chi connectivity index (χ1v) is 6.70. The van der Waals surface area contributed by atoms with Gasteiger partial charge in [0, 0.05) is 11.8 Å². The molecular formula is C16H17FN2O2. The van der Waals surface area contributed by atoms with Crippen molar-refractivity contribution in [1.82, 2.24) is 0 Å². The minimum Gasteiger partial charge on any atom is -0.492 e. The van der Waals surface area contributed by atoms with Crippen LogP contribution in [0.1, 0.15) is 6.92 Å². The van der Waals surface area contributed by atoms with Crippen LogP contribution in [0.3, 0.4) is 0 Å². The summed E-state index contributed by atoms with van der Waals surface area (Å²) < 4.78 is 18.5. The van der Waals surface area contributed by atoms with E-state index < -0.39 is 5.82 Å². The molecule has 21 heavy (non-hydrogen) atoms. The number of benzene rings is 2. The van der Waals surface area contributed by atoms with Crippen LogP contribution in [0.4, 0.5) is 15.8 Å². The monoisotopic (exact) mass is 288 g/mol. The largest absolute Gasteiger partial charge is 0.492 e. The fourth-order valence-electron chi connectivity index (χ4n) is 1.81. The first kappa shape index (κ1) is 14.8. The number of carbonyl (C=O) groups is 1. The van der Waals surface area contributed by atoms with E-state index in [2.05, 4.69) is 10.6 Å². The van der Waals surface area contributed by atoms with Gasteiger partial charge in [0.25, 0.3) is 0 Å². The molecule has 2 rings (SSSR count). The minimum atomic E-state index is -0.404. The van der Waals surface area contributed by atoms with Gasteiger partial charge in [0.2, 0.25) is 5.91 Å². The lowest BCUT2D eigenvalue weighted by atomic mass is 10.2. The molecular weight excluding hydrogens is 271 g/mol. The molecule has 2 N–H and O–H groups in total. The van der Waals surface area contributed by atoms with Crippen molar-refractivity contribution in [3.63, 3.8) is 0 Å². The van der Waals surface area contributed by atoms with Crippen LogP contribution in [-0.2, 0) is 4.79 Å². The minimum absolute atomic E-state index is 0.118. The normalized spacial score (nSPS) is 10.0. The van der Waals surface area contributed by atoms with Crippen molar-refractivity contribution < 1.29 is 13.9 Å². The van der Waals surface area contributed by atoms with E-state index in [0.29, 0.717) is 18.0 Å². The molecule has 0 aliphatic carbocycles. The maximum atomic E-state index is 13.2. The van der Waals surface area contributed by atoms with Gasteiger partial charge in [-0.3, -0.25) is 4.79 Å². The number of hydrogen-bond acceptors (Lipinski definition) is 3. The maximum Gasteiger partial charge on any atom is 0.243 e. The Labute approximate surface area is 122 Å². The summed E-state index contributed by atoms with van der Waals surface area (Å²) in [5, 5.41) is 5.70. The SMILES string of the molecule is CCOc1cc(F)ccc1NC(=O)CNc1ccccc1. The Balaban J connectivity index is 1.96. The number of para-hydroxylation sites is 1. The van der Waals surface area contributed by atoms with E-state index in [-0.39, 0.29) is 12.5 Å². The molecule has 0 saturated heterocycles. The second kappa shape index (κ2) is 7.28. The zero-order chi connectivity index (χ0) is 15.1. The summed E-state index contributed by atoms with van der Waals surface area (Å²) in [4.78, 5) is 11.9. The molecule has 0 radical (unpaired) electrons. The number of halogens is 1. The summed E-state index contributed by atoms with van der Waals surface area (Å²) in [7, 11) is 0. The standard InChI is InChI=1S/C16H17FN2O2/c1-2-21-15-10-12(17)8-9-14(15)19-16(20)11-18-13-6-4-3-5-7-13/h3-10,18H,2,11H2,1H3,(H,19,20). The maximum absolute atomic E-state index is 13.2. The number of ether oxygens (including phenoxy) is 1. The fraction of sp³-hybridized carbons (Fsp3) is 0.188. The highest BCUT2D eigenvalue weighted by atomic mass is 19.1. The molecule has 1 amide bonds. The van der Waals surface area contributed by atoms with Crippen molar-refractivity contribution in [3.8, 4) is 5.75 Å². The van der Waals surface area contributed by atoms with Gasteiger partial charge in [-0.2, -0.15) is 0 Å². The summed E-state index contributed by atoms with van der Waals surface area (Å²) >= 11 is 0. The molecule has 5 heteroatoms. The lowest BCUT2D eigenvalue weighted by Crippen LogP contribution is -2.22. The van der Waals surface area contributed by atoms with Gasteiger partial charge in [-0.1, -0.05) is 18.2 Å². The highest BCUT2D eigenvalue weighted by Gasteiger charge is 2.09. The van der Waals surface area contributed by atoms with Gasteiger partial charge in [-0.25, -0.2) is 4.39 Å². The second-order valence-electron chi connectivity index (χ2n) is 4.34. The van der Waals surface area contributed by atoms with Crippen molar-refractivity contribution >= 4 is 17.3 Å². The van der Waals surface area contributed by atoms with E-state index in [1.807, 2.05) is 30.3 Å². The van der Waals surface area contributed by atoms with Crippen molar-refractivity contribution in [3.05, 3.63) is 54.3 Å². The molecule has 0 atom stereocenters. The average Bonchev–Trinajstić information content (AvgIpc) is 2.49. The number of hydrogen-bond donors (Lipinski definition) is 2. The zero-order valence-corrected chi connectivity index (χ0v) is 11.7. The van der Waals surface area contributed by atoms with Crippen LogP contribution in [-0.4, -0.2) is 19.1 Å². The average molecular weight is 288 g/mol. The quantitative estimate of drug-likeness (QED) is 0.857. The van der Waals surface area contributed by atoms with Crippen molar-refractivity contribution in [2.24, 2.45) is 0 Å². The third kappa shape index (κ3) is 4.49. The second-order valence-corrected chi connectivity index (χ2v) is 4.34. The van der Waals surface area contributed by atoms with Crippen LogP contribution in [0, 0.1) is 5.82 Å². The molecule has 0 heterocycles. The van der Waals surface area contributed by atoms with E-state index in [0.717, 1.165) is 5.69 Å². The third-order valence-corrected chi connectivity index (χ3v) is 2.74. The molecule has 0 saturated carbocycles. The fourth-order valence-corrected chi connectivity index (χ4v) is 1.81. The summed E-state index contributed by atoms with van der Waals surface area (Å²) in [5.74, 6) is -0.309. The predicted molar refractivity (Wildman–Crippen MR) is 81.1 cm³/mol. The van der Waals surface area contributed by atoms with Crippen molar-refractivity contribution in [2.75, 3.05) is 23.8 Å². The highest BCUT2D eigenvalue weighted by Crippen LogP contribution is 2.25. The lowest BCUT2D eigenvalue weighted by molar-refractivity contribution is -0.114. The Morgan fingerprint density at radius 1 is 1.19 bits per heavy atom. The molecule has 0 unspecified atom stereocenters.